The van der Waals surface area contributed by atoms with E-state index in [0.29, 0.717) is 13.2 Å². The minimum Gasteiger partial charge on any atom is -0.378 e. The molecule has 134 valence electrons. The zero-order valence-corrected chi connectivity index (χ0v) is 14.0. The summed E-state index contributed by atoms with van der Waals surface area (Å²) in [5.74, 6) is 0. The zero-order chi connectivity index (χ0) is 17.9. The van der Waals surface area contributed by atoms with Crippen molar-refractivity contribution in [2.75, 3.05) is 43.2 Å². The standard InChI is InChI=1S/C18H20F3N3O/c1-23(13-17-16(18(19,20)21)3-2-8-22-17)14-4-6-15(7-5-14)24-9-11-25-12-10-24/h2-8H,9-13H2,1H3. The first-order valence-corrected chi connectivity index (χ1v) is 8.10. The van der Waals surface area contributed by atoms with E-state index in [0.717, 1.165) is 30.5 Å². The second kappa shape index (κ2) is 7.31. The van der Waals surface area contributed by atoms with E-state index in [1.54, 1.807) is 11.9 Å². The van der Waals surface area contributed by atoms with Gasteiger partial charge in [0.05, 0.1) is 31.0 Å². The van der Waals surface area contributed by atoms with Crippen LogP contribution >= 0.6 is 0 Å². The van der Waals surface area contributed by atoms with E-state index in [4.69, 9.17) is 4.74 Å². The van der Waals surface area contributed by atoms with Crippen LogP contribution in [0.4, 0.5) is 24.5 Å². The van der Waals surface area contributed by atoms with Crippen LogP contribution in [0.3, 0.4) is 0 Å². The average molecular weight is 351 g/mol. The monoisotopic (exact) mass is 351 g/mol. The highest BCUT2D eigenvalue weighted by atomic mass is 19.4. The maximum absolute atomic E-state index is 13.1. The molecule has 0 spiro atoms. The molecule has 0 amide bonds. The van der Waals surface area contributed by atoms with Crippen LogP contribution in [-0.4, -0.2) is 38.3 Å². The Hall–Kier alpha value is -2.28. The highest BCUT2D eigenvalue weighted by molar-refractivity contribution is 5.56. The molecule has 4 nitrogen and oxygen atoms in total. The van der Waals surface area contributed by atoms with Crippen LogP contribution in [0, 0.1) is 0 Å². The Bertz CT molecular complexity index is 697. The van der Waals surface area contributed by atoms with E-state index >= 15 is 0 Å². The first-order chi connectivity index (χ1) is 11.9. The molecule has 3 rings (SSSR count). The zero-order valence-electron chi connectivity index (χ0n) is 14.0. The molecular formula is C18H20F3N3O. The van der Waals surface area contributed by atoms with Gasteiger partial charge in [-0.25, -0.2) is 0 Å². The molecule has 1 saturated heterocycles. The van der Waals surface area contributed by atoms with Gasteiger partial charge in [0.15, 0.2) is 0 Å². The minimum absolute atomic E-state index is 0.0229. The normalized spacial score (nSPS) is 15.3. The quantitative estimate of drug-likeness (QED) is 0.842. The molecular weight excluding hydrogens is 331 g/mol. The first-order valence-electron chi connectivity index (χ1n) is 8.10. The lowest BCUT2D eigenvalue weighted by Gasteiger charge is -2.29. The smallest absolute Gasteiger partial charge is 0.378 e. The Morgan fingerprint density at radius 2 is 1.80 bits per heavy atom. The van der Waals surface area contributed by atoms with Crippen LogP contribution in [-0.2, 0) is 17.5 Å². The first kappa shape index (κ1) is 17.5. The van der Waals surface area contributed by atoms with Gasteiger partial charge in [-0.1, -0.05) is 0 Å². The SMILES string of the molecule is CN(Cc1ncccc1C(F)(F)F)c1ccc(N2CCOCC2)cc1. The summed E-state index contributed by atoms with van der Waals surface area (Å²) in [6.45, 7) is 3.20. The van der Waals surface area contributed by atoms with Gasteiger partial charge in [0.25, 0.3) is 0 Å². The molecule has 25 heavy (non-hydrogen) atoms. The average Bonchev–Trinajstić information content (AvgIpc) is 2.62. The third-order valence-electron chi connectivity index (χ3n) is 4.25. The van der Waals surface area contributed by atoms with E-state index in [1.807, 2.05) is 24.3 Å². The minimum atomic E-state index is -4.40. The van der Waals surface area contributed by atoms with E-state index in [-0.39, 0.29) is 12.2 Å². The topological polar surface area (TPSA) is 28.6 Å². The van der Waals surface area contributed by atoms with Gasteiger partial charge < -0.3 is 14.5 Å². The van der Waals surface area contributed by atoms with Gasteiger partial charge in [0.2, 0.25) is 0 Å². The molecule has 0 bridgehead atoms. The van der Waals surface area contributed by atoms with Gasteiger partial charge in [-0.3, -0.25) is 4.98 Å². The summed E-state index contributed by atoms with van der Waals surface area (Å²) in [7, 11) is 1.76. The molecule has 1 aromatic carbocycles. The Morgan fingerprint density at radius 1 is 1.12 bits per heavy atom. The summed E-state index contributed by atoms with van der Waals surface area (Å²) >= 11 is 0. The Kier molecular flexibility index (Phi) is 5.13. The number of hydrogen-bond donors (Lipinski definition) is 0. The molecule has 0 saturated carbocycles. The Balaban J connectivity index is 1.72. The van der Waals surface area contributed by atoms with Gasteiger partial charge in [0, 0.05) is 37.7 Å². The van der Waals surface area contributed by atoms with Crippen LogP contribution in [0.1, 0.15) is 11.3 Å². The van der Waals surface area contributed by atoms with Gasteiger partial charge >= 0.3 is 6.18 Å². The van der Waals surface area contributed by atoms with Crippen LogP contribution in [0.25, 0.3) is 0 Å². The predicted molar refractivity (Wildman–Crippen MR) is 90.8 cm³/mol. The molecule has 2 aromatic rings. The summed E-state index contributed by atoms with van der Waals surface area (Å²) in [6.07, 6.45) is -3.01. The fraction of sp³-hybridized carbons (Fsp3) is 0.389. The number of rotatable bonds is 4. The van der Waals surface area contributed by atoms with E-state index in [9.17, 15) is 13.2 Å². The van der Waals surface area contributed by atoms with Gasteiger partial charge in [-0.15, -0.1) is 0 Å². The van der Waals surface area contributed by atoms with Crippen molar-refractivity contribution >= 4 is 11.4 Å². The number of pyridine rings is 1. The lowest BCUT2D eigenvalue weighted by atomic mass is 10.1. The van der Waals surface area contributed by atoms with Crippen molar-refractivity contribution in [2.45, 2.75) is 12.7 Å². The fourth-order valence-electron chi connectivity index (χ4n) is 2.88. The number of morpholine rings is 1. The molecule has 0 aliphatic carbocycles. The third-order valence-corrected chi connectivity index (χ3v) is 4.25. The summed E-state index contributed by atoms with van der Waals surface area (Å²) in [5.41, 5.74) is 1.27. The van der Waals surface area contributed by atoms with Crippen molar-refractivity contribution < 1.29 is 17.9 Å². The largest absolute Gasteiger partial charge is 0.418 e. The van der Waals surface area contributed by atoms with Crippen molar-refractivity contribution in [3.63, 3.8) is 0 Å². The summed E-state index contributed by atoms with van der Waals surface area (Å²) in [6, 6.07) is 10.2. The van der Waals surface area contributed by atoms with Crippen LogP contribution in [0.5, 0.6) is 0 Å². The third kappa shape index (κ3) is 4.22. The summed E-state index contributed by atoms with van der Waals surface area (Å²) in [5, 5.41) is 0. The maximum atomic E-state index is 13.1. The number of aromatic nitrogens is 1. The highest BCUT2D eigenvalue weighted by Crippen LogP contribution is 2.32. The summed E-state index contributed by atoms with van der Waals surface area (Å²) < 4.78 is 44.6. The number of ether oxygens (including phenoxy) is 1. The second-order valence-corrected chi connectivity index (χ2v) is 5.97. The number of benzene rings is 1. The lowest BCUT2D eigenvalue weighted by Crippen LogP contribution is -2.36. The van der Waals surface area contributed by atoms with Gasteiger partial charge in [0.1, 0.15) is 0 Å². The Labute approximate surface area is 144 Å². The molecule has 1 aliphatic rings. The fourth-order valence-corrected chi connectivity index (χ4v) is 2.88. The van der Waals surface area contributed by atoms with Crippen LogP contribution < -0.4 is 9.80 Å². The molecule has 0 radical (unpaired) electrons. The molecule has 7 heteroatoms. The molecule has 1 aliphatic heterocycles. The number of nitrogens with zero attached hydrogens (tertiary/aromatic N) is 3. The lowest BCUT2D eigenvalue weighted by molar-refractivity contribution is -0.138. The van der Waals surface area contributed by atoms with Crippen molar-refractivity contribution in [2.24, 2.45) is 0 Å². The second-order valence-electron chi connectivity index (χ2n) is 5.97. The number of alkyl halides is 3. The van der Waals surface area contributed by atoms with Crippen molar-refractivity contribution in [3.8, 4) is 0 Å². The van der Waals surface area contributed by atoms with Gasteiger partial charge in [-0.05, 0) is 36.4 Å². The maximum Gasteiger partial charge on any atom is 0.418 e. The summed E-state index contributed by atoms with van der Waals surface area (Å²) in [4.78, 5) is 7.91. The van der Waals surface area contributed by atoms with Crippen molar-refractivity contribution in [1.82, 2.24) is 4.98 Å². The number of halogens is 3. The van der Waals surface area contributed by atoms with Crippen LogP contribution in [0.15, 0.2) is 42.6 Å². The molecule has 2 heterocycles. The molecule has 0 N–H and O–H groups in total. The number of anilines is 2. The molecule has 1 aromatic heterocycles. The molecule has 1 fully saturated rings. The molecule has 0 atom stereocenters. The Morgan fingerprint density at radius 3 is 2.44 bits per heavy atom. The van der Waals surface area contributed by atoms with E-state index in [2.05, 4.69) is 9.88 Å². The highest BCUT2D eigenvalue weighted by Gasteiger charge is 2.34. The van der Waals surface area contributed by atoms with E-state index in [1.165, 1.54) is 12.3 Å². The van der Waals surface area contributed by atoms with Crippen molar-refractivity contribution in [3.05, 3.63) is 53.9 Å². The van der Waals surface area contributed by atoms with Crippen LogP contribution in [0.2, 0.25) is 0 Å². The van der Waals surface area contributed by atoms with E-state index < -0.39 is 11.7 Å². The number of hydrogen-bond acceptors (Lipinski definition) is 4. The van der Waals surface area contributed by atoms with Gasteiger partial charge in [-0.2, -0.15) is 13.2 Å². The predicted octanol–water partition coefficient (Wildman–Crippen LogP) is 3.57. The molecule has 0 unspecified atom stereocenters. The van der Waals surface area contributed by atoms with Crippen molar-refractivity contribution in [1.29, 1.82) is 0 Å².